The maximum atomic E-state index is 13.9. The first-order valence-corrected chi connectivity index (χ1v) is 12.4. The maximum Gasteiger partial charge on any atom is 0.246 e. The molecule has 5 rings (SSSR count). The standard InChI is InChI=1S/C26H29N3O4S/c1-15-8-5-6-10-17(15)27-22(30)19-18-11-12-26(33-18)20(19)24(32)29(14-16-9-7-13-34-16)21(26)23(31)28-25(2,3)4/h5-13,18-21H,14H2,1-4H3,(H,27,30)(H,28,31)/t18-,19-,20-,21+,26-/m0/s1. The van der Waals surface area contributed by atoms with Crippen molar-refractivity contribution in [2.75, 3.05) is 5.32 Å². The van der Waals surface area contributed by atoms with Gasteiger partial charge in [-0.25, -0.2) is 0 Å². The molecule has 8 heteroatoms. The smallest absolute Gasteiger partial charge is 0.246 e. The van der Waals surface area contributed by atoms with E-state index in [2.05, 4.69) is 10.6 Å². The number of aryl methyl sites for hydroxylation is 1. The van der Waals surface area contributed by atoms with Crippen molar-refractivity contribution in [3.8, 4) is 0 Å². The Morgan fingerprint density at radius 2 is 1.91 bits per heavy atom. The van der Waals surface area contributed by atoms with Crippen LogP contribution >= 0.6 is 11.3 Å². The van der Waals surface area contributed by atoms with Crippen molar-refractivity contribution in [3.05, 3.63) is 64.4 Å². The molecule has 2 aromatic rings. The molecule has 2 fully saturated rings. The molecule has 2 bridgehead atoms. The quantitative estimate of drug-likeness (QED) is 0.645. The normalized spacial score (nSPS) is 29.4. The van der Waals surface area contributed by atoms with Gasteiger partial charge in [-0.2, -0.15) is 0 Å². The van der Waals surface area contributed by atoms with Gasteiger partial charge in [-0.05, 0) is 50.8 Å². The summed E-state index contributed by atoms with van der Waals surface area (Å²) >= 11 is 1.53. The zero-order chi connectivity index (χ0) is 24.3. The molecule has 2 N–H and O–H groups in total. The number of thiophene rings is 1. The Kier molecular flexibility index (Phi) is 5.41. The highest BCUT2D eigenvalue weighted by Gasteiger charge is 2.72. The molecule has 1 aromatic carbocycles. The molecule has 4 heterocycles. The summed E-state index contributed by atoms with van der Waals surface area (Å²) in [6, 6.07) is 10.5. The number of fused-ring (bicyclic) bond motifs is 1. The van der Waals surface area contributed by atoms with Crippen LogP contribution in [0.4, 0.5) is 5.69 Å². The van der Waals surface area contributed by atoms with Crippen LogP contribution in [0, 0.1) is 18.8 Å². The van der Waals surface area contributed by atoms with Gasteiger partial charge in [0.05, 0.1) is 24.5 Å². The van der Waals surface area contributed by atoms with E-state index in [4.69, 9.17) is 4.74 Å². The molecule has 34 heavy (non-hydrogen) atoms. The van der Waals surface area contributed by atoms with E-state index in [-0.39, 0.29) is 17.7 Å². The summed E-state index contributed by atoms with van der Waals surface area (Å²) < 4.78 is 6.36. The number of amides is 3. The fraction of sp³-hybridized carbons (Fsp3) is 0.423. The minimum Gasteiger partial charge on any atom is -0.359 e. The summed E-state index contributed by atoms with van der Waals surface area (Å²) in [7, 11) is 0. The third-order valence-electron chi connectivity index (χ3n) is 6.73. The lowest BCUT2D eigenvalue weighted by molar-refractivity contribution is -0.142. The molecule has 178 valence electrons. The van der Waals surface area contributed by atoms with E-state index >= 15 is 0 Å². The van der Waals surface area contributed by atoms with E-state index in [9.17, 15) is 14.4 Å². The average molecular weight is 480 g/mol. The Bertz CT molecular complexity index is 1170. The minimum absolute atomic E-state index is 0.223. The molecule has 2 saturated heterocycles. The van der Waals surface area contributed by atoms with Crippen LogP contribution in [0.1, 0.15) is 31.2 Å². The molecule has 1 aromatic heterocycles. The van der Waals surface area contributed by atoms with Gasteiger partial charge in [-0.1, -0.05) is 36.4 Å². The molecule has 1 spiro atoms. The van der Waals surface area contributed by atoms with Crippen molar-refractivity contribution >= 4 is 34.7 Å². The predicted molar refractivity (Wildman–Crippen MR) is 130 cm³/mol. The molecule has 3 amide bonds. The number of benzene rings is 1. The molecule has 0 aliphatic carbocycles. The Balaban J connectivity index is 1.51. The zero-order valence-corrected chi connectivity index (χ0v) is 20.5. The number of para-hydroxylation sites is 1. The minimum atomic E-state index is -1.16. The molecule has 5 atom stereocenters. The number of hydrogen-bond donors (Lipinski definition) is 2. The number of nitrogens with one attached hydrogen (secondary N) is 2. The molecule has 7 nitrogen and oxygen atoms in total. The predicted octanol–water partition coefficient (Wildman–Crippen LogP) is 3.26. The first-order valence-electron chi connectivity index (χ1n) is 11.5. The lowest BCUT2D eigenvalue weighted by atomic mass is 9.74. The summed E-state index contributed by atoms with van der Waals surface area (Å²) in [6.45, 7) is 7.93. The average Bonchev–Trinajstić information content (AvgIpc) is 3.51. The van der Waals surface area contributed by atoms with E-state index < -0.39 is 35.1 Å². The van der Waals surface area contributed by atoms with E-state index in [1.807, 2.05) is 81.6 Å². The van der Waals surface area contributed by atoms with E-state index in [0.717, 1.165) is 10.4 Å². The third kappa shape index (κ3) is 3.65. The second kappa shape index (κ2) is 8.06. The monoisotopic (exact) mass is 479 g/mol. The van der Waals surface area contributed by atoms with Crippen LogP contribution in [0.3, 0.4) is 0 Å². The summed E-state index contributed by atoms with van der Waals surface area (Å²) in [6.07, 6.45) is 3.11. The molecule has 0 radical (unpaired) electrons. The van der Waals surface area contributed by atoms with Gasteiger partial charge < -0.3 is 20.3 Å². The van der Waals surface area contributed by atoms with Crippen molar-refractivity contribution in [2.45, 2.75) is 57.5 Å². The van der Waals surface area contributed by atoms with Gasteiger partial charge in [0.15, 0.2) is 0 Å². The second-order valence-electron chi connectivity index (χ2n) is 10.3. The highest BCUT2D eigenvalue weighted by atomic mass is 32.1. The van der Waals surface area contributed by atoms with Crippen LogP contribution in [0.25, 0.3) is 0 Å². The van der Waals surface area contributed by atoms with Crippen LogP contribution in [0.2, 0.25) is 0 Å². The fourth-order valence-electron chi connectivity index (χ4n) is 5.38. The Morgan fingerprint density at radius 1 is 1.15 bits per heavy atom. The van der Waals surface area contributed by atoms with Crippen molar-refractivity contribution < 1.29 is 19.1 Å². The van der Waals surface area contributed by atoms with E-state index in [1.54, 1.807) is 4.90 Å². The number of nitrogens with zero attached hydrogens (tertiary/aromatic N) is 1. The SMILES string of the molecule is Cc1ccccc1NC(=O)[C@H]1[C@@H]2C=C[C@]3(O2)[C@@H]1C(=O)N(Cc1cccs1)[C@@H]3C(=O)NC(C)(C)C. The van der Waals surface area contributed by atoms with Crippen LogP contribution in [-0.2, 0) is 25.7 Å². The molecule has 0 unspecified atom stereocenters. The van der Waals surface area contributed by atoms with Gasteiger partial charge in [-0.15, -0.1) is 11.3 Å². The molecular weight excluding hydrogens is 450 g/mol. The first kappa shape index (κ1) is 22.8. The molecule has 3 aliphatic rings. The number of rotatable bonds is 5. The zero-order valence-electron chi connectivity index (χ0n) is 19.7. The lowest BCUT2D eigenvalue weighted by Gasteiger charge is -2.34. The largest absolute Gasteiger partial charge is 0.359 e. The Hall–Kier alpha value is -2.97. The summed E-state index contributed by atoms with van der Waals surface area (Å²) in [5.74, 6) is -2.24. The summed E-state index contributed by atoms with van der Waals surface area (Å²) in [5.41, 5.74) is -0.00564. The van der Waals surface area contributed by atoms with Crippen molar-refractivity contribution in [2.24, 2.45) is 11.8 Å². The maximum absolute atomic E-state index is 13.9. The number of ether oxygens (including phenoxy) is 1. The summed E-state index contributed by atoms with van der Waals surface area (Å²) in [4.78, 5) is 43.5. The third-order valence-corrected chi connectivity index (χ3v) is 7.59. The first-order chi connectivity index (χ1) is 16.1. The number of carbonyl (C=O) groups is 3. The highest BCUT2D eigenvalue weighted by Crippen LogP contribution is 2.55. The number of anilines is 1. The lowest BCUT2D eigenvalue weighted by Crippen LogP contribution is -2.57. The van der Waals surface area contributed by atoms with Gasteiger partial charge in [-0.3, -0.25) is 14.4 Å². The van der Waals surface area contributed by atoms with Crippen LogP contribution < -0.4 is 10.6 Å². The van der Waals surface area contributed by atoms with Crippen LogP contribution in [0.15, 0.2) is 53.9 Å². The molecule has 0 saturated carbocycles. The topological polar surface area (TPSA) is 87.7 Å². The van der Waals surface area contributed by atoms with E-state index in [0.29, 0.717) is 12.2 Å². The van der Waals surface area contributed by atoms with Crippen molar-refractivity contribution in [3.63, 3.8) is 0 Å². The van der Waals surface area contributed by atoms with E-state index in [1.165, 1.54) is 11.3 Å². The van der Waals surface area contributed by atoms with Gasteiger partial charge in [0.1, 0.15) is 11.6 Å². The van der Waals surface area contributed by atoms with Crippen LogP contribution in [0.5, 0.6) is 0 Å². The van der Waals surface area contributed by atoms with Crippen molar-refractivity contribution in [1.82, 2.24) is 10.2 Å². The van der Waals surface area contributed by atoms with Gasteiger partial charge in [0, 0.05) is 16.1 Å². The second-order valence-corrected chi connectivity index (χ2v) is 11.3. The number of hydrogen-bond acceptors (Lipinski definition) is 5. The Labute approximate surface area is 203 Å². The van der Waals surface area contributed by atoms with Crippen molar-refractivity contribution in [1.29, 1.82) is 0 Å². The number of likely N-dealkylation sites (tertiary alicyclic amines) is 1. The van der Waals surface area contributed by atoms with Gasteiger partial charge in [0.2, 0.25) is 17.7 Å². The molecule has 3 aliphatic heterocycles. The van der Waals surface area contributed by atoms with Gasteiger partial charge in [0.25, 0.3) is 0 Å². The summed E-state index contributed by atoms with van der Waals surface area (Å²) in [5, 5.41) is 7.96. The van der Waals surface area contributed by atoms with Crippen LogP contribution in [-0.4, -0.2) is 45.9 Å². The van der Waals surface area contributed by atoms with Gasteiger partial charge >= 0.3 is 0 Å². The highest BCUT2D eigenvalue weighted by molar-refractivity contribution is 7.09. The molecular formula is C26H29N3O4S. The number of carbonyl (C=O) groups excluding carboxylic acids is 3. The fourth-order valence-corrected chi connectivity index (χ4v) is 6.08. The Morgan fingerprint density at radius 3 is 2.59 bits per heavy atom.